The molecule has 1 aromatic carbocycles. The van der Waals surface area contributed by atoms with Crippen LogP contribution in [-0.2, 0) is 17.6 Å². The fourth-order valence-electron chi connectivity index (χ4n) is 2.92. The van der Waals surface area contributed by atoms with Crippen LogP contribution < -0.4 is 4.74 Å². The van der Waals surface area contributed by atoms with Crippen LogP contribution in [0.5, 0.6) is 5.75 Å². The molecule has 0 spiro atoms. The van der Waals surface area contributed by atoms with Gasteiger partial charge in [0.1, 0.15) is 5.75 Å². The normalized spacial score (nSPS) is 25.2. The number of fused-ring (bicyclic) bond motifs is 1. The summed E-state index contributed by atoms with van der Waals surface area (Å²) in [5.41, 5.74) is 2.40. The van der Waals surface area contributed by atoms with Gasteiger partial charge in [0.15, 0.2) is 0 Å². The van der Waals surface area contributed by atoms with Gasteiger partial charge in [-0.1, -0.05) is 15.9 Å². The zero-order valence-electron chi connectivity index (χ0n) is 9.99. The van der Waals surface area contributed by atoms with E-state index in [0.717, 1.165) is 48.1 Å². The topological polar surface area (TPSA) is 46.5 Å². The van der Waals surface area contributed by atoms with Crippen molar-refractivity contribution in [2.45, 2.75) is 25.7 Å². The third kappa shape index (κ3) is 2.03. The van der Waals surface area contributed by atoms with Crippen molar-refractivity contribution in [3.8, 4) is 5.75 Å². The highest BCUT2D eigenvalue weighted by Gasteiger charge is 2.37. The second-order valence-electron chi connectivity index (χ2n) is 5.14. The molecule has 18 heavy (non-hydrogen) atoms. The SMILES string of the molecule is O=C(O)C1CCC1Cc1cc(Br)cc2c1OCC2. The van der Waals surface area contributed by atoms with Gasteiger partial charge in [0.2, 0.25) is 0 Å². The van der Waals surface area contributed by atoms with Gasteiger partial charge in [0, 0.05) is 10.9 Å². The predicted octanol–water partition coefficient (Wildman–Crippen LogP) is 3.04. The van der Waals surface area contributed by atoms with E-state index in [2.05, 4.69) is 28.1 Å². The van der Waals surface area contributed by atoms with E-state index in [1.54, 1.807) is 0 Å². The summed E-state index contributed by atoms with van der Waals surface area (Å²) in [5.74, 6) is 0.444. The molecule has 1 saturated carbocycles. The van der Waals surface area contributed by atoms with Gasteiger partial charge in [0.25, 0.3) is 0 Å². The van der Waals surface area contributed by atoms with Crippen LogP contribution in [0, 0.1) is 11.8 Å². The fourth-order valence-corrected chi connectivity index (χ4v) is 3.47. The number of ether oxygens (including phenoxy) is 1. The molecule has 1 aliphatic heterocycles. The molecule has 1 aliphatic carbocycles. The first-order valence-corrected chi connectivity index (χ1v) is 7.11. The number of carboxylic acid groups (broad SMARTS) is 1. The fraction of sp³-hybridized carbons (Fsp3) is 0.500. The largest absolute Gasteiger partial charge is 0.493 e. The third-order valence-corrected chi connectivity index (χ3v) is 4.50. The molecule has 0 bridgehead atoms. The van der Waals surface area contributed by atoms with E-state index in [4.69, 9.17) is 9.84 Å². The molecule has 1 fully saturated rings. The molecule has 3 nitrogen and oxygen atoms in total. The van der Waals surface area contributed by atoms with Crippen LogP contribution >= 0.6 is 15.9 Å². The van der Waals surface area contributed by atoms with Crippen molar-refractivity contribution in [1.29, 1.82) is 0 Å². The summed E-state index contributed by atoms with van der Waals surface area (Å²) >= 11 is 3.52. The summed E-state index contributed by atoms with van der Waals surface area (Å²) in [4.78, 5) is 11.0. The number of benzene rings is 1. The molecule has 0 saturated heterocycles. The highest BCUT2D eigenvalue weighted by molar-refractivity contribution is 9.10. The van der Waals surface area contributed by atoms with Crippen LogP contribution in [0.3, 0.4) is 0 Å². The number of hydrogen-bond acceptors (Lipinski definition) is 2. The number of aliphatic carboxylic acids is 1. The average molecular weight is 311 g/mol. The van der Waals surface area contributed by atoms with Gasteiger partial charge in [-0.25, -0.2) is 0 Å². The molecule has 4 heteroatoms. The molecule has 1 aromatic rings. The Balaban J connectivity index is 1.83. The molecule has 0 radical (unpaired) electrons. The summed E-state index contributed by atoms with van der Waals surface area (Å²) in [6, 6.07) is 4.17. The zero-order chi connectivity index (χ0) is 12.7. The van der Waals surface area contributed by atoms with Gasteiger partial charge in [-0.05, 0) is 48.4 Å². The summed E-state index contributed by atoms with van der Waals surface area (Å²) in [7, 11) is 0. The minimum Gasteiger partial charge on any atom is -0.493 e. The molecule has 2 aliphatic rings. The van der Waals surface area contributed by atoms with Crippen molar-refractivity contribution in [3.63, 3.8) is 0 Å². The highest BCUT2D eigenvalue weighted by Crippen LogP contribution is 2.41. The molecule has 0 amide bonds. The van der Waals surface area contributed by atoms with E-state index in [9.17, 15) is 4.79 Å². The van der Waals surface area contributed by atoms with E-state index in [-0.39, 0.29) is 11.8 Å². The smallest absolute Gasteiger partial charge is 0.306 e. The number of carbonyl (C=O) groups is 1. The molecule has 3 rings (SSSR count). The van der Waals surface area contributed by atoms with Gasteiger partial charge in [-0.3, -0.25) is 4.79 Å². The number of hydrogen-bond donors (Lipinski definition) is 1. The quantitative estimate of drug-likeness (QED) is 0.933. The van der Waals surface area contributed by atoms with Crippen LogP contribution in [0.25, 0.3) is 0 Å². The predicted molar refractivity (Wildman–Crippen MR) is 70.9 cm³/mol. The van der Waals surface area contributed by atoms with E-state index in [1.165, 1.54) is 5.56 Å². The Morgan fingerprint density at radius 3 is 2.94 bits per heavy atom. The average Bonchev–Trinajstić information content (AvgIpc) is 2.70. The Morgan fingerprint density at radius 2 is 2.28 bits per heavy atom. The Labute approximate surface area is 114 Å². The summed E-state index contributed by atoms with van der Waals surface area (Å²) in [6.07, 6.45) is 3.60. The van der Waals surface area contributed by atoms with Crippen molar-refractivity contribution in [3.05, 3.63) is 27.7 Å². The molecule has 0 aromatic heterocycles. The van der Waals surface area contributed by atoms with Crippen LogP contribution in [-0.4, -0.2) is 17.7 Å². The van der Waals surface area contributed by atoms with Crippen LogP contribution in [0.2, 0.25) is 0 Å². The van der Waals surface area contributed by atoms with Gasteiger partial charge in [0.05, 0.1) is 12.5 Å². The molecule has 2 unspecified atom stereocenters. The molecule has 96 valence electrons. The van der Waals surface area contributed by atoms with Crippen LogP contribution in [0.1, 0.15) is 24.0 Å². The second-order valence-corrected chi connectivity index (χ2v) is 6.05. The van der Waals surface area contributed by atoms with Gasteiger partial charge >= 0.3 is 5.97 Å². The van der Waals surface area contributed by atoms with Crippen molar-refractivity contribution >= 4 is 21.9 Å². The minimum atomic E-state index is -0.654. The van der Waals surface area contributed by atoms with Crippen LogP contribution in [0.15, 0.2) is 16.6 Å². The second kappa shape index (κ2) is 4.57. The van der Waals surface area contributed by atoms with E-state index < -0.39 is 5.97 Å². The van der Waals surface area contributed by atoms with Crippen molar-refractivity contribution in [1.82, 2.24) is 0 Å². The first kappa shape index (κ1) is 12.0. The number of carboxylic acids is 1. The third-order valence-electron chi connectivity index (χ3n) is 4.04. The lowest BCUT2D eigenvalue weighted by Gasteiger charge is -2.33. The Morgan fingerprint density at radius 1 is 1.44 bits per heavy atom. The van der Waals surface area contributed by atoms with Crippen molar-refractivity contribution in [2.24, 2.45) is 11.8 Å². The van der Waals surface area contributed by atoms with Crippen molar-refractivity contribution < 1.29 is 14.6 Å². The Hall–Kier alpha value is -1.03. The maximum Gasteiger partial charge on any atom is 0.306 e. The summed E-state index contributed by atoms with van der Waals surface area (Å²) in [6.45, 7) is 0.742. The van der Waals surface area contributed by atoms with E-state index >= 15 is 0 Å². The van der Waals surface area contributed by atoms with Crippen molar-refractivity contribution in [2.75, 3.05) is 6.61 Å². The summed E-state index contributed by atoms with van der Waals surface area (Å²) in [5, 5.41) is 9.09. The highest BCUT2D eigenvalue weighted by atomic mass is 79.9. The first-order chi connectivity index (χ1) is 8.65. The number of halogens is 1. The van der Waals surface area contributed by atoms with Gasteiger partial charge < -0.3 is 9.84 Å². The Kier molecular flexibility index (Phi) is 3.06. The standard InChI is InChI=1S/C14H15BrO3/c15-11-6-9-3-4-18-13(9)10(7-11)5-8-1-2-12(8)14(16)17/h6-8,12H,1-5H2,(H,16,17). The molecule has 1 N–H and O–H groups in total. The van der Waals surface area contributed by atoms with E-state index in [1.807, 2.05) is 0 Å². The lowest BCUT2D eigenvalue weighted by atomic mass is 9.70. The maximum absolute atomic E-state index is 11.0. The molecular formula is C14H15BrO3. The monoisotopic (exact) mass is 310 g/mol. The van der Waals surface area contributed by atoms with Crippen LogP contribution in [0.4, 0.5) is 0 Å². The number of rotatable bonds is 3. The van der Waals surface area contributed by atoms with Gasteiger partial charge in [-0.2, -0.15) is 0 Å². The van der Waals surface area contributed by atoms with Gasteiger partial charge in [-0.15, -0.1) is 0 Å². The molecular weight excluding hydrogens is 296 g/mol. The first-order valence-electron chi connectivity index (χ1n) is 6.32. The lowest BCUT2D eigenvalue weighted by Crippen LogP contribution is -2.34. The minimum absolute atomic E-state index is 0.166. The summed E-state index contributed by atoms with van der Waals surface area (Å²) < 4.78 is 6.74. The maximum atomic E-state index is 11.0. The Bertz CT molecular complexity index is 498. The zero-order valence-corrected chi connectivity index (χ0v) is 11.6. The molecule has 2 atom stereocenters. The lowest BCUT2D eigenvalue weighted by molar-refractivity contribution is -0.147. The molecule has 1 heterocycles. The van der Waals surface area contributed by atoms with E-state index in [0.29, 0.717) is 0 Å².